The summed E-state index contributed by atoms with van der Waals surface area (Å²) in [5.41, 5.74) is 0. The van der Waals surface area contributed by atoms with Crippen LogP contribution in [-0.2, 0) is 0 Å². The summed E-state index contributed by atoms with van der Waals surface area (Å²) >= 11 is 0. The maximum absolute atomic E-state index is 4.00. The van der Waals surface area contributed by atoms with Gasteiger partial charge in [0.25, 0.3) is 0 Å². The van der Waals surface area contributed by atoms with E-state index in [0.29, 0.717) is 36.3 Å². The van der Waals surface area contributed by atoms with Crippen LogP contribution in [0.4, 0.5) is 0 Å². The van der Waals surface area contributed by atoms with Gasteiger partial charge in [0, 0.05) is 18.1 Å². The quantitative estimate of drug-likeness (QED) is 0.187. The number of aliphatic imine (C=N–C) groups is 3. The van der Waals surface area contributed by atoms with Gasteiger partial charge < -0.3 is 49.9 Å². The van der Waals surface area contributed by atoms with E-state index < -0.39 is 0 Å². The summed E-state index contributed by atoms with van der Waals surface area (Å²) in [7, 11) is 0. The smallest absolute Gasteiger partial charge is 0.548 e. The molecule has 0 rings (SSSR count). The van der Waals surface area contributed by atoms with Gasteiger partial charge in [-0.05, 0) is 101 Å². The van der Waals surface area contributed by atoms with Gasteiger partial charge in [0.15, 0.2) is 0 Å². The molecule has 0 fully saturated rings. The third-order valence-corrected chi connectivity index (χ3v) is 2.03. The van der Waals surface area contributed by atoms with E-state index in [0.717, 1.165) is 0 Å². The molecule has 162 valence electrons. The molecule has 0 aromatic carbocycles. The molecule has 0 aromatic heterocycles. The topological polar surface area (TPSA) is 73.2 Å². The summed E-state index contributed by atoms with van der Waals surface area (Å²) in [5, 5.41) is 8.88. The molecule has 3 N–H and O–H groups in total. The number of nitrogens with one attached hydrogen (secondary N) is 3. The first-order valence-electron chi connectivity index (χ1n) is 9.99. The van der Waals surface area contributed by atoms with Gasteiger partial charge in [-0.2, -0.15) is 0 Å². The van der Waals surface area contributed by atoms with Crippen LogP contribution < -0.4 is 16.0 Å². The van der Waals surface area contributed by atoms with Crippen LogP contribution in [0.25, 0.3) is 0 Å². The minimum absolute atomic E-state index is 0. The second-order valence-electron chi connectivity index (χ2n) is 7.90. The Morgan fingerprint density at radius 1 is 0.429 bits per heavy atom. The van der Waals surface area contributed by atoms with E-state index in [1.807, 2.05) is 41.5 Å². The van der Waals surface area contributed by atoms with Crippen LogP contribution in [0, 0.1) is 35.6 Å². The summed E-state index contributed by atoms with van der Waals surface area (Å²) in [6.45, 7) is 24.5. The van der Waals surface area contributed by atoms with Crippen LogP contribution in [0.3, 0.4) is 0 Å². The molecule has 0 spiro atoms. The molecule has 28 heavy (non-hydrogen) atoms. The number of nitrogens with zero attached hydrogens (tertiary/aromatic N) is 3. The molecule has 0 saturated heterocycles. The molecule has 0 bridgehead atoms. The number of hydrogen-bond acceptors (Lipinski definition) is 3. The van der Waals surface area contributed by atoms with Crippen LogP contribution in [0.1, 0.15) is 83.1 Å². The van der Waals surface area contributed by atoms with Crippen LogP contribution in [0.2, 0.25) is 0 Å². The Bertz CT molecular complexity index is 318. The molecule has 0 amide bonds. The fraction of sp³-hybridized carbons (Fsp3) is 0.857. The standard InChI is InChI=1S/3C7H15N2.La/c3*1-6(2)8-5-9-7(3)4;/h3*6-7H,1-4H3,(H,8,9);/q3*-1;+3. The van der Waals surface area contributed by atoms with E-state index in [2.05, 4.69) is 91.5 Å². The summed E-state index contributed by atoms with van der Waals surface area (Å²) < 4.78 is 0. The van der Waals surface area contributed by atoms with Crippen LogP contribution in [0.5, 0.6) is 0 Å². The molecule has 0 heterocycles. The number of rotatable bonds is 9. The zero-order valence-corrected chi connectivity index (χ0v) is 24.0. The zero-order chi connectivity index (χ0) is 21.8. The Morgan fingerprint density at radius 3 is 0.714 bits per heavy atom. The van der Waals surface area contributed by atoms with E-state index in [4.69, 9.17) is 0 Å². The molecule has 7 heteroatoms. The second kappa shape index (κ2) is 24.6. The van der Waals surface area contributed by atoms with Crippen molar-refractivity contribution in [3.05, 3.63) is 0 Å². The van der Waals surface area contributed by atoms with E-state index in [1.54, 1.807) is 0 Å². The Labute approximate surface area is 203 Å². The summed E-state index contributed by atoms with van der Waals surface area (Å²) in [5.74, 6) is 0. The summed E-state index contributed by atoms with van der Waals surface area (Å²) in [6, 6.07) is 2.34. The van der Waals surface area contributed by atoms with Crippen molar-refractivity contribution in [1.82, 2.24) is 16.0 Å². The fourth-order valence-electron chi connectivity index (χ4n) is 0.886. The predicted molar refractivity (Wildman–Crippen MR) is 123 cm³/mol. The van der Waals surface area contributed by atoms with Gasteiger partial charge in [0.05, 0.1) is 0 Å². The fourth-order valence-corrected chi connectivity index (χ4v) is 0.886. The maximum atomic E-state index is 4.00. The molecule has 0 saturated carbocycles. The van der Waals surface area contributed by atoms with E-state index >= 15 is 0 Å². The monoisotopic (exact) mass is 520 g/mol. The third-order valence-electron chi connectivity index (χ3n) is 2.03. The van der Waals surface area contributed by atoms with Crippen LogP contribution in [0.15, 0.2) is 15.0 Å². The van der Waals surface area contributed by atoms with E-state index in [1.165, 1.54) is 0 Å². The average molecular weight is 521 g/mol. The van der Waals surface area contributed by atoms with Gasteiger partial charge in [-0.1, -0.05) is 0 Å². The van der Waals surface area contributed by atoms with Crippen LogP contribution in [-0.4, -0.2) is 55.3 Å². The molecular weight excluding hydrogens is 475 g/mol. The van der Waals surface area contributed by atoms with Crippen molar-refractivity contribution in [3.63, 3.8) is 0 Å². The molecular formula is C21H45LaN6. The van der Waals surface area contributed by atoms with Crippen molar-refractivity contribution in [3.8, 4) is 0 Å². The van der Waals surface area contributed by atoms with Crippen molar-refractivity contribution in [2.24, 2.45) is 15.0 Å². The third kappa shape index (κ3) is 50.0. The van der Waals surface area contributed by atoms with Crippen molar-refractivity contribution >= 4 is 19.0 Å². The Morgan fingerprint density at radius 2 is 0.607 bits per heavy atom. The Balaban J connectivity index is -0.000000152. The van der Waals surface area contributed by atoms with Gasteiger partial charge in [-0.25, -0.2) is 0 Å². The maximum Gasteiger partial charge on any atom is 3.00 e. The van der Waals surface area contributed by atoms with Crippen molar-refractivity contribution < 1.29 is 35.6 Å². The average Bonchev–Trinajstić information content (AvgIpc) is 2.46. The van der Waals surface area contributed by atoms with E-state index in [9.17, 15) is 0 Å². The first kappa shape index (κ1) is 35.1. The van der Waals surface area contributed by atoms with Gasteiger partial charge >= 0.3 is 35.6 Å². The van der Waals surface area contributed by atoms with E-state index in [-0.39, 0.29) is 35.6 Å². The van der Waals surface area contributed by atoms with Crippen LogP contribution >= 0.6 is 0 Å². The van der Waals surface area contributed by atoms with Gasteiger partial charge in [-0.3, -0.25) is 0 Å². The van der Waals surface area contributed by atoms with Gasteiger partial charge in [0.2, 0.25) is 0 Å². The SMILES string of the molecule is CC(C)N=[C-]NC(C)C.CC(C)N=[C-]NC(C)C.CC(C)N=[C-]NC(C)C.[La+3]. The Kier molecular flexibility index (Phi) is 30.9. The summed E-state index contributed by atoms with van der Waals surface area (Å²) in [4.78, 5) is 12.0. The molecule has 0 aliphatic heterocycles. The Hall–Kier alpha value is -0.395. The van der Waals surface area contributed by atoms with Crippen molar-refractivity contribution in [2.75, 3.05) is 0 Å². The first-order chi connectivity index (χ1) is 12.4. The largest absolute Gasteiger partial charge is 3.00 e. The molecule has 0 aromatic rings. The predicted octanol–water partition coefficient (Wildman–Crippen LogP) is 3.89. The minimum atomic E-state index is 0. The summed E-state index contributed by atoms with van der Waals surface area (Å²) in [6.07, 6.45) is 8.28. The minimum Gasteiger partial charge on any atom is -0.548 e. The molecule has 0 aliphatic rings. The molecule has 0 aliphatic carbocycles. The molecule has 0 atom stereocenters. The molecule has 0 radical (unpaired) electrons. The normalized spacial score (nSPS) is 11.4. The first-order valence-corrected chi connectivity index (χ1v) is 9.99. The number of hydrogen-bond donors (Lipinski definition) is 3. The second-order valence-corrected chi connectivity index (χ2v) is 7.90. The van der Waals surface area contributed by atoms with Gasteiger partial charge in [-0.15, -0.1) is 0 Å². The molecule has 0 unspecified atom stereocenters. The van der Waals surface area contributed by atoms with Crippen molar-refractivity contribution in [1.29, 1.82) is 0 Å². The molecule has 6 nitrogen and oxygen atoms in total. The van der Waals surface area contributed by atoms with Gasteiger partial charge in [0.1, 0.15) is 0 Å². The van der Waals surface area contributed by atoms with Crippen molar-refractivity contribution in [2.45, 2.75) is 119 Å². The zero-order valence-electron chi connectivity index (χ0n) is 20.4.